The maximum atomic E-state index is 5.58. The van der Waals surface area contributed by atoms with Crippen LogP contribution in [-0.2, 0) is 6.54 Å². The summed E-state index contributed by atoms with van der Waals surface area (Å²) < 4.78 is 5.58. The zero-order valence-electron chi connectivity index (χ0n) is 6.84. The van der Waals surface area contributed by atoms with Crippen molar-refractivity contribution in [1.82, 2.24) is 5.32 Å². The molecule has 2 aliphatic rings. The van der Waals surface area contributed by atoms with E-state index in [2.05, 4.69) is 23.5 Å². The van der Waals surface area contributed by atoms with Crippen LogP contribution in [0.2, 0.25) is 0 Å². The van der Waals surface area contributed by atoms with Gasteiger partial charge < -0.3 is 10.1 Å². The maximum absolute atomic E-state index is 5.58. The first-order valence-electron chi connectivity index (χ1n) is 4.40. The molecule has 2 heteroatoms. The largest absolute Gasteiger partial charge is 0.493 e. The Morgan fingerprint density at radius 3 is 3.42 bits per heavy atom. The first-order chi connectivity index (χ1) is 5.95. The van der Waals surface area contributed by atoms with Gasteiger partial charge in [0.25, 0.3) is 0 Å². The van der Waals surface area contributed by atoms with Gasteiger partial charge in [-0.25, -0.2) is 0 Å². The predicted octanol–water partition coefficient (Wildman–Crippen LogP) is 1.27. The van der Waals surface area contributed by atoms with Gasteiger partial charge in [0, 0.05) is 24.6 Å². The number of nitrogens with one attached hydrogen (secondary N) is 1. The molecule has 0 spiro atoms. The van der Waals surface area contributed by atoms with E-state index in [9.17, 15) is 0 Å². The second-order valence-electron chi connectivity index (χ2n) is 3.47. The summed E-state index contributed by atoms with van der Waals surface area (Å²) in [5.74, 6) is 1.71. The maximum Gasteiger partial charge on any atom is 0.123 e. The molecule has 0 saturated carbocycles. The van der Waals surface area contributed by atoms with Crippen molar-refractivity contribution in [3.05, 3.63) is 29.3 Å². The molecule has 3 rings (SSSR count). The van der Waals surface area contributed by atoms with Crippen LogP contribution in [0.15, 0.2) is 18.2 Å². The summed E-state index contributed by atoms with van der Waals surface area (Å²) in [6.45, 7) is 2.94. The summed E-state index contributed by atoms with van der Waals surface area (Å²) in [5.41, 5.74) is 2.87. The third-order valence-electron chi connectivity index (χ3n) is 2.71. The van der Waals surface area contributed by atoms with Gasteiger partial charge in [-0.05, 0) is 11.6 Å². The van der Waals surface area contributed by atoms with Gasteiger partial charge >= 0.3 is 0 Å². The lowest BCUT2D eigenvalue weighted by molar-refractivity contribution is 0.325. The van der Waals surface area contributed by atoms with Gasteiger partial charge in [0.15, 0.2) is 0 Å². The van der Waals surface area contributed by atoms with E-state index in [-0.39, 0.29) is 0 Å². The number of hydrogen-bond acceptors (Lipinski definition) is 2. The minimum atomic E-state index is 0.602. The molecule has 62 valence electrons. The van der Waals surface area contributed by atoms with Crippen LogP contribution in [0.1, 0.15) is 17.0 Å². The standard InChI is InChI=1S/C10H11NO/c1-2-7-4-11-5-8-6-12-9(3-1)10(7)8/h1-3,8,11H,4-6H2. The highest BCUT2D eigenvalue weighted by atomic mass is 16.5. The van der Waals surface area contributed by atoms with E-state index < -0.39 is 0 Å². The molecule has 0 bridgehead atoms. The molecule has 2 nitrogen and oxygen atoms in total. The van der Waals surface area contributed by atoms with Gasteiger partial charge in [-0.3, -0.25) is 0 Å². The van der Waals surface area contributed by atoms with E-state index in [1.165, 1.54) is 11.1 Å². The lowest BCUT2D eigenvalue weighted by atomic mass is 9.93. The molecule has 1 aromatic carbocycles. The molecule has 0 fully saturated rings. The Balaban J connectivity index is 2.23. The fourth-order valence-electron chi connectivity index (χ4n) is 2.15. The Kier molecular flexibility index (Phi) is 1.21. The lowest BCUT2D eigenvalue weighted by Crippen LogP contribution is -2.27. The quantitative estimate of drug-likeness (QED) is 0.618. The molecular weight excluding hydrogens is 150 g/mol. The molecule has 1 unspecified atom stereocenters. The van der Waals surface area contributed by atoms with Crippen molar-refractivity contribution in [3.8, 4) is 5.75 Å². The molecule has 2 heterocycles. The molecular formula is C10H11NO. The molecule has 1 N–H and O–H groups in total. The van der Waals surface area contributed by atoms with Crippen molar-refractivity contribution in [3.63, 3.8) is 0 Å². The molecule has 0 saturated heterocycles. The van der Waals surface area contributed by atoms with Crippen LogP contribution in [-0.4, -0.2) is 13.2 Å². The molecule has 2 aliphatic heterocycles. The van der Waals surface area contributed by atoms with Crippen LogP contribution < -0.4 is 10.1 Å². The topological polar surface area (TPSA) is 21.3 Å². The van der Waals surface area contributed by atoms with E-state index in [0.29, 0.717) is 5.92 Å². The van der Waals surface area contributed by atoms with Gasteiger partial charge in [-0.15, -0.1) is 0 Å². The summed E-state index contributed by atoms with van der Waals surface area (Å²) in [5, 5.41) is 3.40. The predicted molar refractivity (Wildman–Crippen MR) is 46.4 cm³/mol. The van der Waals surface area contributed by atoms with Gasteiger partial charge in [-0.2, -0.15) is 0 Å². The van der Waals surface area contributed by atoms with Crippen molar-refractivity contribution in [2.24, 2.45) is 0 Å². The minimum Gasteiger partial charge on any atom is -0.493 e. The minimum absolute atomic E-state index is 0.602. The molecule has 1 aromatic rings. The van der Waals surface area contributed by atoms with Crippen molar-refractivity contribution in [1.29, 1.82) is 0 Å². The molecule has 12 heavy (non-hydrogen) atoms. The fraction of sp³-hybridized carbons (Fsp3) is 0.400. The normalized spacial score (nSPS) is 24.8. The van der Waals surface area contributed by atoms with Crippen LogP contribution >= 0.6 is 0 Å². The molecule has 0 amide bonds. The van der Waals surface area contributed by atoms with Crippen molar-refractivity contribution in [2.45, 2.75) is 12.5 Å². The molecule has 0 aromatic heterocycles. The van der Waals surface area contributed by atoms with Crippen LogP contribution in [0, 0.1) is 0 Å². The van der Waals surface area contributed by atoms with Crippen LogP contribution in [0.5, 0.6) is 5.75 Å². The molecule has 0 aliphatic carbocycles. The number of hydrogen-bond donors (Lipinski definition) is 1. The van der Waals surface area contributed by atoms with Crippen molar-refractivity contribution < 1.29 is 4.74 Å². The fourth-order valence-corrected chi connectivity index (χ4v) is 2.15. The van der Waals surface area contributed by atoms with Gasteiger partial charge in [0.1, 0.15) is 5.75 Å². The smallest absolute Gasteiger partial charge is 0.123 e. The summed E-state index contributed by atoms with van der Waals surface area (Å²) in [6.07, 6.45) is 0. The van der Waals surface area contributed by atoms with Crippen LogP contribution in [0.3, 0.4) is 0 Å². The van der Waals surface area contributed by atoms with Crippen LogP contribution in [0.25, 0.3) is 0 Å². The highest BCUT2D eigenvalue weighted by molar-refractivity contribution is 5.47. The first kappa shape index (κ1) is 6.49. The van der Waals surface area contributed by atoms with Gasteiger partial charge in [-0.1, -0.05) is 12.1 Å². The molecule has 1 atom stereocenters. The highest BCUT2D eigenvalue weighted by Gasteiger charge is 2.28. The second-order valence-corrected chi connectivity index (χ2v) is 3.47. The Labute approximate surface area is 71.5 Å². The van der Waals surface area contributed by atoms with E-state index >= 15 is 0 Å². The third-order valence-corrected chi connectivity index (χ3v) is 2.71. The monoisotopic (exact) mass is 161 g/mol. The zero-order chi connectivity index (χ0) is 7.97. The summed E-state index contributed by atoms with van der Waals surface area (Å²) >= 11 is 0. The van der Waals surface area contributed by atoms with E-state index in [0.717, 1.165) is 25.4 Å². The number of ether oxygens (including phenoxy) is 1. The Bertz CT molecular complexity index is 322. The Morgan fingerprint density at radius 2 is 2.42 bits per heavy atom. The third kappa shape index (κ3) is 0.730. The molecule has 0 radical (unpaired) electrons. The average molecular weight is 161 g/mol. The van der Waals surface area contributed by atoms with E-state index in [1.807, 2.05) is 0 Å². The lowest BCUT2D eigenvalue weighted by Gasteiger charge is -2.19. The van der Waals surface area contributed by atoms with E-state index in [4.69, 9.17) is 4.74 Å². The highest BCUT2D eigenvalue weighted by Crippen LogP contribution is 2.37. The SMILES string of the molecule is c1cc2c3c(c1)OCC3CNC2. The summed E-state index contributed by atoms with van der Waals surface area (Å²) in [4.78, 5) is 0. The Hall–Kier alpha value is -1.02. The van der Waals surface area contributed by atoms with Crippen molar-refractivity contribution >= 4 is 0 Å². The second kappa shape index (κ2) is 2.23. The Morgan fingerprint density at radius 1 is 1.42 bits per heavy atom. The number of rotatable bonds is 0. The van der Waals surface area contributed by atoms with E-state index in [1.54, 1.807) is 0 Å². The average Bonchev–Trinajstić information content (AvgIpc) is 2.52. The zero-order valence-corrected chi connectivity index (χ0v) is 6.84. The van der Waals surface area contributed by atoms with Gasteiger partial charge in [0.2, 0.25) is 0 Å². The van der Waals surface area contributed by atoms with Gasteiger partial charge in [0.05, 0.1) is 6.61 Å². The first-order valence-corrected chi connectivity index (χ1v) is 4.40. The van der Waals surface area contributed by atoms with Crippen LogP contribution in [0.4, 0.5) is 0 Å². The van der Waals surface area contributed by atoms with Crippen molar-refractivity contribution in [2.75, 3.05) is 13.2 Å². The summed E-state index contributed by atoms with van der Waals surface area (Å²) in [7, 11) is 0. The summed E-state index contributed by atoms with van der Waals surface area (Å²) in [6, 6.07) is 6.33. The number of benzene rings is 1.